The Balaban J connectivity index is 3.35. The molecule has 5 heavy (non-hydrogen) atoms. The fourth-order valence-corrected chi connectivity index (χ4v) is 0. The van der Waals surface area contributed by atoms with Crippen molar-refractivity contribution in [1.82, 2.24) is 0 Å². The molecule has 0 aromatic heterocycles. The van der Waals surface area contributed by atoms with Crippen LogP contribution in [0.2, 0.25) is 0 Å². The Bertz CT molecular complexity index is 77.4. The van der Waals surface area contributed by atoms with Gasteiger partial charge in [-0.15, -0.1) is 6.42 Å². The molecule has 0 atom stereocenters. The molecule has 0 aromatic carbocycles. The van der Waals surface area contributed by atoms with Crippen LogP contribution >= 0.6 is 0 Å². The van der Waals surface area contributed by atoms with Gasteiger partial charge in [-0.25, -0.2) is 4.79 Å². The number of rotatable bonds is 0. The van der Waals surface area contributed by atoms with Gasteiger partial charge in [-0.05, 0) is 0 Å². The lowest BCUT2D eigenvalue weighted by Gasteiger charge is -1.60. The quantitative estimate of drug-likeness (QED) is 0.401. The molecule has 0 rings (SSSR count). The minimum absolute atomic E-state index is 1.22. The van der Waals surface area contributed by atoms with Crippen LogP contribution in [0.4, 0.5) is 0 Å². The van der Waals surface area contributed by atoms with Crippen LogP contribution in [0.1, 0.15) is 0 Å². The van der Waals surface area contributed by atoms with Crippen molar-refractivity contribution in [2.75, 3.05) is 0 Å². The van der Waals surface area contributed by atoms with E-state index in [0.717, 1.165) is 0 Å². The first kappa shape index (κ1) is 4.03. The van der Waals surface area contributed by atoms with E-state index >= 15 is 0 Å². The van der Waals surface area contributed by atoms with E-state index in [1.54, 1.807) is 0 Å². The summed E-state index contributed by atoms with van der Waals surface area (Å²) in [6.07, 6.45) is 4.32. The molecule has 0 spiro atoms. The molecule has 2 nitrogen and oxygen atoms in total. The molecule has 26 valence electrons. The zero-order chi connectivity index (χ0) is 4.28. The summed E-state index contributed by atoms with van der Waals surface area (Å²) in [5.41, 5.74) is 0. The molecule has 0 unspecified atom stereocenters. The SMILES string of the molecule is [14CH]#[14C]C(=O)O. The molecule has 0 amide bonds. The van der Waals surface area contributed by atoms with Crippen LogP contribution in [0, 0.1) is 12.3 Å². The first-order chi connectivity index (χ1) is 2.27. The lowest BCUT2D eigenvalue weighted by atomic mass is 11.3. The number of hydrogen-bond donors (Lipinski definition) is 1. The third-order valence-corrected chi connectivity index (χ3v) is 0.123. The first-order valence-electron chi connectivity index (χ1n) is 0.966. The van der Waals surface area contributed by atoms with Crippen molar-refractivity contribution in [2.24, 2.45) is 0 Å². The number of terminal acetylenes is 1. The number of carbonyl (C=O) groups is 1. The smallest absolute Gasteiger partial charge is 0.381 e. The van der Waals surface area contributed by atoms with Gasteiger partial charge in [0.25, 0.3) is 0 Å². The summed E-state index contributed by atoms with van der Waals surface area (Å²) >= 11 is 0. The summed E-state index contributed by atoms with van der Waals surface area (Å²) < 4.78 is 0. The first-order valence-corrected chi connectivity index (χ1v) is 0.966. The van der Waals surface area contributed by atoms with Crippen LogP contribution in [0.25, 0.3) is 0 Å². The highest BCUT2D eigenvalue weighted by atomic mass is 16.4. The Kier molecular flexibility index (Phi) is 1.10. The monoisotopic (exact) mass is 74.0 g/mol. The van der Waals surface area contributed by atoms with E-state index < -0.39 is 5.97 Å². The third-order valence-electron chi connectivity index (χ3n) is 0.123. The zero-order valence-corrected chi connectivity index (χ0v) is 2.43. The molecule has 0 aliphatic carbocycles. The van der Waals surface area contributed by atoms with Gasteiger partial charge in [0, 0.05) is 5.92 Å². The summed E-state index contributed by atoms with van der Waals surface area (Å²) in [6.45, 7) is 0. The van der Waals surface area contributed by atoms with Crippen molar-refractivity contribution >= 4 is 5.97 Å². The van der Waals surface area contributed by atoms with E-state index in [-0.39, 0.29) is 0 Å². The largest absolute Gasteiger partial charge is 0.472 e. The van der Waals surface area contributed by atoms with Crippen LogP contribution in [-0.2, 0) is 4.79 Å². The van der Waals surface area contributed by atoms with Crippen LogP contribution < -0.4 is 0 Å². The van der Waals surface area contributed by atoms with Crippen LogP contribution in [0.3, 0.4) is 0 Å². The van der Waals surface area contributed by atoms with E-state index in [2.05, 4.69) is 6.42 Å². The van der Waals surface area contributed by atoms with Crippen molar-refractivity contribution in [2.45, 2.75) is 0 Å². The number of hydrogen-bond acceptors (Lipinski definition) is 1. The predicted octanol–water partition coefficient (Wildman–Crippen LogP) is -0.296. The standard InChI is InChI=1S/C3H2O2/c1-2-3(4)5/h1H,(H,4,5)/i1+2,2+2. The Morgan fingerprint density at radius 3 is 2.20 bits per heavy atom. The number of carboxylic acids is 1. The molecule has 0 radical (unpaired) electrons. The molecule has 0 saturated heterocycles. The predicted molar refractivity (Wildman–Crippen MR) is 16.5 cm³/mol. The molecule has 0 aliphatic heterocycles. The van der Waals surface area contributed by atoms with Crippen molar-refractivity contribution in [3.63, 3.8) is 0 Å². The van der Waals surface area contributed by atoms with Crippen LogP contribution in [0.5, 0.6) is 0 Å². The van der Waals surface area contributed by atoms with Gasteiger partial charge in [-0.2, -0.15) is 0 Å². The van der Waals surface area contributed by atoms with Gasteiger partial charge in [0.2, 0.25) is 0 Å². The molecule has 0 heterocycles. The molecule has 0 aromatic rings. The maximum atomic E-state index is 9.13. The zero-order valence-electron chi connectivity index (χ0n) is 2.43. The molecule has 2 heteroatoms. The van der Waals surface area contributed by atoms with Gasteiger partial charge >= 0.3 is 5.97 Å². The maximum Gasteiger partial charge on any atom is 0.381 e. The van der Waals surface area contributed by atoms with Crippen molar-refractivity contribution in [1.29, 1.82) is 0 Å². The lowest BCUT2D eigenvalue weighted by molar-refractivity contribution is -0.130. The molecule has 1 N–H and O–H groups in total. The Hall–Kier alpha value is -0.970. The molecule has 0 bridgehead atoms. The normalized spacial score (nSPS) is 5.40. The molecule has 0 aliphatic rings. The van der Waals surface area contributed by atoms with Crippen molar-refractivity contribution < 1.29 is 9.90 Å². The topological polar surface area (TPSA) is 37.3 Å². The second-order valence-corrected chi connectivity index (χ2v) is 0.449. The van der Waals surface area contributed by atoms with Crippen molar-refractivity contribution in [3.05, 3.63) is 0 Å². The van der Waals surface area contributed by atoms with E-state index in [4.69, 9.17) is 9.90 Å². The second-order valence-electron chi connectivity index (χ2n) is 0.449. The van der Waals surface area contributed by atoms with Crippen LogP contribution in [-0.4, -0.2) is 11.1 Å². The lowest BCUT2D eigenvalue weighted by Crippen LogP contribution is -1.83. The van der Waals surface area contributed by atoms with Crippen LogP contribution in [0.15, 0.2) is 0 Å². The number of aliphatic carboxylic acids is 1. The van der Waals surface area contributed by atoms with E-state index in [1.807, 2.05) is 0 Å². The van der Waals surface area contributed by atoms with Crippen molar-refractivity contribution in [3.8, 4) is 12.3 Å². The fraction of sp³-hybridized carbons (Fsp3) is 0. The molecule has 0 fully saturated rings. The average Bonchev–Trinajstić information content (AvgIpc) is 1.38. The highest BCUT2D eigenvalue weighted by Crippen LogP contribution is 1.44. The van der Waals surface area contributed by atoms with E-state index in [0.29, 0.717) is 0 Å². The summed E-state index contributed by atoms with van der Waals surface area (Å²) in [4.78, 5) is 9.13. The van der Waals surface area contributed by atoms with Gasteiger partial charge in [-0.1, -0.05) is 0 Å². The summed E-state index contributed by atoms with van der Waals surface area (Å²) in [5.74, 6) is 0.227. The van der Waals surface area contributed by atoms with Gasteiger partial charge in [0.15, 0.2) is 0 Å². The van der Waals surface area contributed by atoms with Gasteiger partial charge in [0.1, 0.15) is 0 Å². The maximum absolute atomic E-state index is 9.13. The Morgan fingerprint density at radius 2 is 2.20 bits per heavy atom. The minimum atomic E-state index is -1.22. The molecular weight excluding hydrogens is 72.0 g/mol. The fourth-order valence-electron chi connectivity index (χ4n) is 0. The highest BCUT2D eigenvalue weighted by Gasteiger charge is 1.74. The Morgan fingerprint density at radius 1 is 2.00 bits per heavy atom. The van der Waals surface area contributed by atoms with E-state index in [1.165, 1.54) is 5.92 Å². The van der Waals surface area contributed by atoms with Gasteiger partial charge < -0.3 is 5.11 Å². The Labute approximate surface area is 29.4 Å². The van der Waals surface area contributed by atoms with Gasteiger partial charge in [0.05, 0.1) is 0 Å². The van der Waals surface area contributed by atoms with E-state index in [9.17, 15) is 0 Å². The third kappa shape index (κ3) is 3.03. The minimum Gasteiger partial charge on any atom is -0.472 e. The second kappa shape index (κ2) is 1.36. The summed E-state index contributed by atoms with van der Waals surface area (Å²) in [7, 11) is 0. The van der Waals surface area contributed by atoms with Gasteiger partial charge in [-0.3, -0.25) is 0 Å². The summed E-state index contributed by atoms with van der Waals surface area (Å²) in [6, 6.07) is 0. The molecular formula is C3H2O2. The molecule has 0 saturated carbocycles. The summed E-state index contributed by atoms with van der Waals surface area (Å²) in [5, 5.41) is 7.49. The average molecular weight is 74.0 g/mol. The highest BCUT2D eigenvalue weighted by molar-refractivity contribution is 5.85. The number of carboxylic acid groups (broad SMARTS) is 1.